The molecular weight excluding hydrogens is 194 g/mol. The van der Waals surface area contributed by atoms with Crippen molar-refractivity contribution in [3.05, 3.63) is 0 Å². The Kier molecular flexibility index (Phi) is 4.14. The Morgan fingerprint density at radius 1 is 1.14 bits per heavy atom. The van der Waals surface area contributed by atoms with Crippen LogP contribution in [0.2, 0.25) is 0 Å². The van der Waals surface area contributed by atoms with Gasteiger partial charge < -0.3 is 10.5 Å². The zero-order chi connectivity index (χ0) is 9.80. The third-order valence-corrected chi connectivity index (χ3v) is 5.25. The van der Waals surface area contributed by atoms with E-state index < -0.39 is 0 Å². The Bertz CT molecular complexity index is 171. The van der Waals surface area contributed by atoms with Gasteiger partial charge >= 0.3 is 0 Å². The maximum Gasteiger partial charge on any atom is 0.0476 e. The summed E-state index contributed by atoms with van der Waals surface area (Å²) >= 11 is 2.20. The van der Waals surface area contributed by atoms with Crippen molar-refractivity contribution in [2.24, 2.45) is 11.7 Å². The van der Waals surface area contributed by atoms with Crippen LogP contribution in [-0.4, -0.2) is 30.3 Å². The second-order valence-corrected chi connectivity index (χ2v) is 5.96. The number of thioether (sulfide) groups is 1. The second-order valence-electron chi connectivity index (χ2n) is 4.41. The molecular formula is C11H21NOS. The van der Waals surface area contributed by atoms with Gasteiger partial charge in [-0.3, -0.25) is 0 Å². The van der Waals surface area contributed by atoms with E-state index >= 15 is 0 Å². The number of nitrogens with two attached hydrogens (primary N) is 1. The fourth-order valence-corrected chi connectivity index (χ4v) is 4.24. The molecule has 0 spiro atoms. The summed E-state index contributed by atoms with van der Waals surface area (Å²) in [5.74, 6) is 0.794. The topological polar surface area (TPSA) is 35.2 Å². The van der Waals surface area contributed by atoms with Gasteiger partial charge in [-0.2, -0.15) is 11.8 Å². The molecule has 2 rings (SSSR count). The summed E-state index contributed by atoms with van der Waals surface area (Å²) in [7, 11) is 0. The average molecular weight is 215 g/mol. The van der Waals surface area contributed by atoms with Crippen LogP contribution < -0.4 is 5.73 Å². The first-order valence-electron chi connectivity index (χ1n) is 5.83. The van der Waals surface area contributed by atoms with E-state index in [1.807, 2.05) is 0 Å². The third kappa shape index (κ3) is 2.65. The highest BCUT2D eigenvalue weighted by Crippen LogP contribution is 2.38. The van der Waals surface area contributed by atoms with Crippen molar-refractivity contribution in [1.82, 2.24) is 0 Å². The third-order valence-electron chi connectivity index (χ3n) is 3.43. The normalized spacial score (nSPS) is 34.9. The molecule has 0 radical (unpaired) electrons. The van der Waals surface area contributed by atoms with Gasteiger partial charge in [-0.1, -0.05) is 6.42 Å². The highest BCUT2D eigenvalue weighted by atomic mass is 32.2. The average Bonchev–Trinajstić information content (AvgIpc) is 2.67. The quantitative estimate of drug-likeness (QED) is 0.782. The van der Waals surface area contributed by atoms with Crippen LogP contribution in [0.4, 0.5) is 0 Å². The molecule has 3 heteroatoms. The Hall–Kier alpha value is 0.270. The maximum absolute atomic E-state index is 5.79. The van der Waals surface area contributed by atoms with Crippen molar-refractivity contribution in [3.63, 3.8) is 0 Å². The van der Waals surface area contributed by atoms with Crippen molar-refractivity contribution in [2.45, 2.75) is 42.6 Å². The Morgan fingerprint density at radius 2 is 1.93 bits per heavy atom. The van der Waals surface area contributed by atoms with Crippen molar-refractivity contribution in [2.75, 3.05) is 19.8 Å². The predicted octanol–water partition coefficient (Wildman–Crippen LogP) is 2.03. The van der Waals surface area contributed by atoms with Crippen molar-refractivity contribution in [1.29, 1.82) is 0 Å². The molecule has 0 amide bonds. The SMILES string of the molecule is NCC1CCCC1SC1CCOCC1. The van der Waals surface area contributed by atoms with Crippen molar-refractivity contribution in [3.8, 4) is 0 Å². The Balaban J connectivity index is 1.77. The first-order chi connectivity index (χ1) is 6.90. The molecule has 14 heavy (non-hydrogen) atoms. The lowest BCUT2D eigenvalue weighted by Gasteiger charge is -2.26. The van der Waals surface area contributed by atoms with Gasteiger partial charge in [0.15, 0.2) is 0 Å². The molecule has 2 nitrogen and oxygen atoms in total. The van der Waals surface area contributed by atoms with E-state index in [2.05, 4.69) is 11.8 Å². The lowest BCUT2D eigenvalue weighted by atomic mass is 10.1. The second kappa shape index (κ2) is 5.38. The van der Waals surface area contributed by atoms with E-state index in [1.54, 1.807) is 0 Å². The molecule has 0 aromatic rings. The van der Waals surface area contributed by atoms with E-state index in [0.29, 0.717) is 0 Å². The lowest BCUT2D eigenvalue weighted by Crippen LogP contribution is -2.25. The highest BCUT2D eigenvalue weighted by molar-refractivity contribution is 8.00. The Morgan fingerprint density at radius 3 is 2.64 bits per heavy atom. The molecule has 0 aromatic carbocycles. The fraction of sp³-hybridized carbons (Fsp3) is 1.00. The number of ether oxygens (including phenoxy) is 1. The summed E-state index contributed by atoms with van der Waals surface area (Å²) in [4.78, 5) is 0. The molecule has 2 N–H and O–H groups in total. The monoisotopic (exact) mass is 215 g/mol. The molecule has 1 heterocycles. The minimum absolute atomic E-state index is 0.794. The van der Waals surface area contributed by atoms with Gasteiger partial charge in [-0.15, -0.1) is 0 Å². The molecule has 2 unspecified atom stereocenters. The highest BCUT2D eigenvalue weighted by Gasteiger charge is 2.29. The molecule has 0 aromatic heterocycles. The van der Waals surface area contributed by atoms with Crippen molar-refractivity contribution >= 4 is 11.8 Å². The van der Waals surface area contributed by atoms with Crippen LogP contribution in [0.3, 0.4) is 0 Å². The van der Waals surface area contributed by atoms with Gasteiger partial charge in [0.2, 0.25) is 0 Å². The summed E-state index contributed by atoms with van der Waals surface area (Å²) in [6, 6.07) is 0. The molecule has 2 aliphatic rings. The van der Waals surface area contributed by atoms with Gasteiger partial charge in [0.1, 0.15) is 0 Å². The first kappa shape index (κ1) is 10.8. The minimum Gasteiger partial charge on any atom is -0.381 e. The van der Waals surface area contributed by atoms with Gasteiger partial charge in [-0.05, 0) is 38.1 Å². The zero-order valence-electron chi connectivity index (χ0n) is 8.78. The molecule has 0 bridgehead atoms. The molecule has 2 fully saturated rings. The van der Waals surface area contributed by atoms with Crippen LogP contribution in [0.25, 0.3) is 0 Å². The molecule has 1 aliphatic heterocycles. The van der Waals surface area contributed by atoms with Crippen LogP contribution in [0, 0.1) is 5.92 Å². The fourth-order valence-electron chi connectivity index (χ4n) is 2.51. The number of hydrogen-bond donors (Lipinski definition) is 1. The summed E-state index contributed by atoms with van der Waals surface area (Å²) in [6.45, 7) is 2.83. The standard InChI is InChI=1S/C11H21NOS/c12-8-9-2-1-3-11(9)14-10-4-6-13-7-5-10/h9-11H,1-8,12H2. The van der Waals surface area contributed by atoms with Gasteiger partial charge in [0.25, 0.3) is 0 Å². The number of hydrogen-bond acceptors (Lipinski definition) is 3. The van der Waals surface area contributed by atoms with Gasteiger partial charge in [0.05, 0.1) is 0 Å². The predicted molar refractivity (Wildman–Crippen MR) is 61.6 cm³/mol. The lowest BCUT2D eigenvalue weighted by molar-refractivity contribution is 0.0999. The summed E-state index contributed by atoms with van der Waals surface area (Å²) in [6.07, 6.45) is 6.64. The smallest absolute Gasteiger partial charge is 0.0476 e. The van der Waals surface area contributed by atoms with E-state index in [0.717, 1.165) is 36.2 Å². The molecule has 2 atom stereocenters. The summed E-state index contributed by atoms with van der Waals surface area (Å²) in [5.41, 5.74) is 5.79. The first-order valence-corrected chi connectivity index (χ1v) is 6.77. The zero-order valence-corrected chi connectivity index (χ0v) is 9.60. The summed E-state index contributed by atoms with van der Waals surface area (Å²) < 4.78 is 5.38. The van der Waals surface area contributed by atoms with Crippen molar-refractivity contribution < 1.29 is 4.74 Å². The minimum atomic E-state index is 0.794. The molecule has 82 valence electrons. The Labute approximate surface area is 91.0 Å². The van der Waals surface area contributed by atoms with Gasteiger partial charge in [0, 0.05) is 23.7 Å². The van der Waals surface area contributed by atoms with Crippen LogP contribution in [0.5, 0.6) is 0 Å². The van der Waals surface area contributed by atoms with E-state index in [9.17, 15) is 0 Å². The maximum atomic E-state index is 5.79. The largest absolute Gasteiger partial charge is 0.381 e. The van der Waals surface area contributed by atoms with E-state index in [4.69, 9.17) is 10.5 Å². The number of rotatable bonds is 3. The van der Waals surface area contributed by atoms with Crippen LogP contribution in [0.1, 0.15) is 32.1 Å². The molecule has 1 saturated heterocycles. The van der Waals surface area contributed by atoms with Crippen LogP contribution in [0.15, 0.2) is 0 Å². The van der Waals surface area contributed by atoms with E-state index in [-0.39, 0.29) is 0 Å². The summed E-state index contributed by atoms with van der Waals surface area (Å²) in [5, 5.41) is 1.70. The van der Waals surface area contributed by atoms with Gasteiger partial charge in [-0.25, -0.2) is 0 Å². The van der Waals surface area contributed by atoms with E-state index in [1.165, 1.54) is 32.1 Å². The van der Waals surface area contributed by atoms with Crippen LogP contribution >= 0.6 is 11.8 Å². The van der Waals surface area contributed by atoms with Crippen LogP contribution in [-0.2, 0) is 4.74 Å². The molecule has 1 aliphatic carbocycles. The molecule has 1 saturated carbocycles.